The number of carboxylic acids is 1. The SMILES string of the molecule is N#Cc1ccc(F)c(-c2cc(C(=O)O)cc([N+](=O)[O-])c2)c1. The van der Waals surface area contributed by atoms with Crippen LogP contribution in [0.25, 0.3) is 11.1 Å². The van der Waals surface area contributed by atoms with Gasteiger partial charge in [0, 0.05) is 17.7 Å². The minimum atomic E-state index is -1.36. The zero-order chi connectivity index (χ0) is 15.6. The number of hydrogen-bond acceptors (Lipinski definition) is 4. The molecular formula is C14H7FN2O4. The Bertz CT molecular complexity index is 764. The molecule has 2 aromatic carbocycles. The topological polar surface area (TPSA) is 104 Å². The van der Waals surface area contributed by atoms with Crippen molar-refractivity contribution in [3.8, 4) is 17.2 Å². The van der Waals surface area contributed by atoms with Gasteiger partial charge >= 0.3 is 5.97 Å². The minimum Gasteiger partial charge on any atom is -0.478 e. The molecular weight excluding hydrogens is 279 g/mol. The fourth-order valence-electron chi connectivity index (χ4n) is 1.81. The van der Waals surface area contributed by atoms with E-state index >= 15 is 0 Å². The molecule has 0 aliphatic rings. The van der Waals surface area contributed by atoms with Crippen molar-refractivity contribution in [3.05, 3.63) is 63.5 Å². The molecule has 0 atom stereocenters. The Labute approximate surface area is 117 Å². The van der Waals surface area contributed by atoms with Crippen LogP contribution < -0.4 is 0 Å². The van der Waals surface area contributed by atoms with Gasteiger partial charge < -0.3 is 5.11 Å². The second kappa shape index (κ2) is 5.38. The molecule has 0 amide bonds. The summed E-state index contributed by atoms with van der Waals surface area (Å²) in [6, 6.07) is 8.41. The molecule has 1 N–H and O–H groups in total. The summed E-state index contributed by atoms with van der Waals surface area (Å²) in [5.41, 5.74) is -0.682. The fourth-order valence-corrected chi connectivity index (χ4v) is 1.81. The highest BCUT2D eigenvalue weighted by atomic mass is 19.1. The second-order valence-electron chi connectivity index (χ2n) is 4.14. The van der Waals surface area contributed by atoms with E-state index < -0.39 is 22.4 Å². The van der Waals surface area contributed by atoms with Crippen molar-refractivity contribution >= 4 is 11.7 Å². The number of nitro groups is 1. The van der Waals surface area contributed by atoms with Gasteiger partial charge in [-0.2, -0.15) is 5.26 Å². The molecule has 0 aliphatic heterocycles. The molecule has 0 aliphatic carbocycles. The number of nitro benzene ring substituents is 1. The molecule has 21 heavy (non-hydrogen) atoms. The highest BCUT2D eigenvalue weighted by Crippen LogP contribution is 2.29. The molecule has 6 nitrogen and oxygen atoms in total. The summed E-state index contributed by atoms with van der Waals surface area (Å²) in [7, 11) is 0. The molecule has 0 unspecified atom stereocenters. The second-order valence-corrected chi connectivity index (χ2v) is 4.14. The van der Waals surface area contributed by atoms with Crippen LogP contribution in [-0.2, 0) is 0 Å². The highest BCUT2D eigenvalue weighted by Gasteiger charge is 2.16. The predicted octanol–water partition coefficient (Wildman–Crippen LogP) is 2.97. The number of nitriles is 1. The van der Waals surface area contributed by atoms with E-state index in [1.807, 2.05) is 6.07 Å². The number of non-ortho nitro benzene ring substituents is 1. The van der Waals surface area contributed by atoms with Crippen molar-refractivity contribution in [1.29, 1.82) is 5.26 Å². The zero-order valence-electron chi connectivity index (χ0n) is 10.4. The largest absolute Gasteiger partial charge is 0.478 e. The lowest BCUT2D eigenvalue weighted by atomic mass is 10.00. The Hall–Kier alpha value is -3.27. The van der Waals surface area contributed by atoms with Crippen molar-refractivity contribution in [1.82, 2.24) is 0 Å². The molecule has 0 bridgehead atoms. The number of halogens is 1. The Morgan fingerprint density at radius 1 is 1.29 bits per heavy atom. The molecule has 2 aromatic rings. The maximum Gasteiger partial charge on any atom is 0.335 e. The fraction of sp³-hybridized carbons (Fsp3) is 0. The molecule has 104 valence electrons. The Kier molecular flexibility index (Phi) is 3.63. The lowest BCUT2D eigenvalue weighted by Gasteiger charge is -2.06. The van der Waals surface area contributed by atoms with Gasteiger partial charge in [0.1, 0.15) is 5.82 Å². The van der Waals surface area contributed by atoms with E-state index in [1.54, 1.807) is 0 Å². The molecule has 0 spiro atoms. The summed E-state index contributed by atoms with van der Waals surface area (Å²) in [5, 5.41) is 28.6. The highest BCUT2D eigenvalue weighted by molar-refractivity contribution is 5.90. The molecule has 0 fully saturated rings. The van der Waals surface area contributed by atoms with Crippen molar-refractivity contribution in [3.63, 3.8) is 0 Å². The van der Waals surface area contributed by atoms with E-state index in [0.29, 0.717) is 0 Å². The van der Waals surface area contributed by atoms with Gasteiger partial charge in [-0.3, -0.25) is 10.1 Å². The van der Waals surface area contributed by atoms with Gasteiger partial charge in [0.05, 0.1) is 22.1 Å². The first-order valence-electron chi connectivity index (χ1n) is 5.65. The normalized spacial score (nSPS) is 9.90. The number of nitrogens with zero attached hydrogens (tertiary/aromatic N) is 2. The maximum atomic E-state index is 13.8. The Morgan fingerprint density at radius 3 is 2.57 bits per heavy atom. The molecule has 2 rings (SSSR count). The lowest BCUT2D eigenvalue weighted by molar-refractivity contribution is -0.384. The number of benzene rings is 2. The molecule has 0 aromatic heterocycles. The third kappa shape index (κ3) is 2.84. The standard InChI is InChI=1S/C14H7FN2O4/c15-13-2-1-8(7-16)3-12(13)9-4-10(14(18)19)6-11(5-9)17(20)21/h1-6H,(H,18,19). The molecule has 0 heterocycles. The minimum absolute atomic E-state index is 0.0243. The van der Waals surface area contributed by atoms with E-state index in [0.717, 1.165) is 24.3 Å². The van der Waals surface area contributed by atoms with Gasteiger partial charge in [-0.05, 0) is 29.8 Å². The molecule has 7 heteroatoms. The van der Waals surface area contributed by atoms with Crippen LogP contribution in [0.4, 0.5) is 10.1 Å². The Balaban J connectivity index is 2.71. The first-order chi connectivity index (χ1) is 9.92. The first kappa shape index (κ1) is 14.1. The number of carbonyl (C=O) groups is 1. The predicted molar refractivity (Wildman–Crippen MR) is 70.2 cm³/mol. The lowest BCUT2D eigenvalue weighted by Crippen LogP contribution is -2.00. The van der Waals surface area contributed by atoms with Crippen LogP contribution in [0.3, 0.4) is 0 Å². The van der Waals surface area contributed by atoms with Crippen LogP contribution in [0, 0.1) is 27.3 Å². The molecule has 0 saturated carbocycles. The average molecular weight is 286 g/mol. The van der Waals surface area contributed by atoms with Crippen molar-refractivity contribution in [2.75, 3.05) is 0 Å². The monoisotopic (exact) mass is 286 g/mol. The van der Waals surface area contributed by atoms with Gasteiger partial charge in [-0.25, -0.2) is 9.18 Å². The summed E-state index contributed by atoms with van der Waals surface area (Å²) in [6.45, 7) is 0. The van der Waals surface area contributed by atoms with E-state index in [1.165, 1.54) is 12.1 Å². The number of carboxylic acid groups (broad SMARTS) is 1. The van der Waals surface area contributed by atoms with Crippen LogP contribution in [0.15, 0.2) is 36.4 Å². The van der Waals surface area contributed by atoms with Gasteiger partial charge in [0.25, 0.3) is 5.69 Å². The smallest absolute Gasteiger partial charge is 0.335 e. The summed E-state index contributed by atoms with van der Waals surface area (Å²) >= 11 is 0. The summed E-state index contributed by atoms with van der Waals surface area (Å²) in [4.78, 5) is 21.1. The number of hydrogen-bond donors (Lipinski definition) is 1. The van der Waals surface area contributed by atoms with Crippen LogP contribution in [-0.4, -0.2) is 16.0 Å². The Morgan fingerprint density at radius 2 is 2.00 bits per heavy atom. The summed E-state index contributed by atoms with van der Waals surface area (Å²) in [6.07, 6.45) is 0. The van der Waals surface area contributed by atoms with E-state index in [9.17, 15) is 19.3 Å². The summed E-state index contributed by atoms with van der Waals surface area (Å²) in [5.74, 6) is -2.07. The van der Waals surface area contributed by atoms with E-state index in [-0.39, 0.29) is 22.3 Å². The number of rotatable bonds is 3. The molecule has 0 radical (unpaired) electrons. The van der Waals surface area contributed by atoms with E-state index in [4.69, 9.17) is 10.4 Å². The third-order valence-corrected chi connectivity index (χ3v) is 2.78. The van der Waals surface area contributed by atoms with E-state index in [2.05, 4.69) is 0 Å². The quantitative estimate of drug-likeness (QED) is 0.689. The number of aromatic carboxylic acids is 1. The summed E-state index contributed by atoms with van der Waals surface area (Å²) < 4.78 is 13.8. The van der Waals surface area contributed by atoms with Crippen LogP contribution in [0.2, 0.25) is 0 Å². The van der Waals surface area contributed by atoms with Gasteiger partial charge in [-0.1, -0.05) is 0 Å². The van der Waals surface area contributed by atoms with Crippen molar-refractivity contribution in [2.45, 2.75) is 0 Å². The third-order valence-electron chi connectivity index (χ3n) is 2.78. The van der Waals surface area contributed by atoms with Crippen molar-refractivity contribution < 1.29 is 19.2 Å². The van der Waals surface area contributed by atoms with Gasteiger partial charge in [-0.15, -0.1) is 0 Å². The zero-order valence-corrected chi connectivity index (χ0v) is 10.4. The molecule has 0 saturated heterocycles. The van der Waals surface area contributed by atoms with Crippen LogP contribution in [0.1, 0.15) is 15.9 Å². The average Bonchev–Trinajstić information content (AvgIpc) is 2.47. The maximum absolute atomic E-state index is 13.8. The van der Waals surface area contributed by atoms with Gasteiger partial charge in [0.2, 0.25) is 0 Å². The van der Waals surface area contributed by atoms with Crippen molar-refractivity contribution in [2.24, 2.45) is 0 Å². The van der Waals surface area contributed by atoms with Gasteiger partial charge in [0.15, 0.2) is 0 Å². The van der Waals surface area contributed by atoms with Crippen LogP contribution in [0.5, 0.6) is 0 Å². The first-order valence-corrected chi connectivity index (χ1v) is 5.65. The van der Waals surface area contributed by atoms with Crippen LogP contribution >= 0.6 is 0 Å².